The van der Waals surface area contributed by atoms with Crippen molar-refractivity contribution in [1.82, 2.24) is 0 Å². The molecule has 1 aliphatic rings. The van der Waals surface area contributed by atoms with Crippen LogP contribution in [0.25, 0.3) is 0 Å². The van der Waals surface area contributed by atoms with Gasteiger partial charge in [0.25, 0.3) is 0 Å². The van der Waals surface area contributed by atoms with Gasteiger partial charge in [0.15, 0.2) is 0 Å². The normalized spacial score (nSPS) is 24.2. The van der Waals surface area contributed by atoms with E-state index in [1.165, 1.54) is 12.5 Å². The molecule has 1 N–H and O–H groups in total. The van der Waals surface area contributed by atoms with E-state index in [-0.39, 0.29) is 17.2 Å². The number of aliphatic hydroxyl groups is 1. The minimum atomic E-state index is -0.523. The summed E-state index contributed by atoms with van der Waals surface area (Å²) in [5.41, 5.74) is 0.563. The molecule has 1 aliphatic carbocycles. The Hall–Kier alpha value is -0.600. The van der Waals surface area contributed by atoms with Crippen LogP contribution in [0, 0.1) is 17.2 Å². The van der Waals surface area contributed by atoms with E-state index >= 15 is 0 Å². The molecule has 1 aromatic carbocycles. The van der Waals surface area contributed by atoms with Gasteiger partial charge in [0.05, 0.1) is 6.10 Å². The van der Waals surface area contributed by atoms with Gasteiger partial charge in [0, 0.05) is 17.0 Å². The number of halogens is 2. The number of benzene rings is 1. The second-order valence-corrected chi connectivity index (χ2v) is 6.72. The van der Waals surface area contributed by atoms with Crippen molar-refractivity contribution in [2.75, 3.05) is 0 Å². The SMILES string of the molecule is CC1(C)CCCCC1C(O)Cc1c(F)cccc1Cl. The van der Waals surface area contributed by atoms with E-state index in [1.54, 1.807) is 12.1 Å². The fourth-order valence-electron chi connectivity index (χ4n) is 3.31. The van der Waals surface area contributed by atoms with E-state index in [9.17, 15) is 9.50 Å². The summed E-state index contributed by atoms with van der Waals surface area (Å²) in [7, 11) is 0. The van der Waals surface area contributed by atoms with Crippen LogP contribution in [-0.2, 0) is 6.42 Å². The molecule has 3 heteroatoms. The van der Waals surface area contributed by atoms with Crippen molar-refractivity contribution in [2.45, 2.75) is 52.1 Å². The molecule has 19 heavy (non-hydrogen) atoms. The predicted octanol–water partition coefficient (Wildman–Crippen LogP) is 4.60. The molecule has 0 saturated heterocycles. The van der Waals surface area contributed by atoms with Gasteiger partial charge < -0.3 is 5.11 Å². The number of rotatable bonds is 3. The van der Waals surface area contributed by atoms with Crippen LogP contribution in [0.5, 0.6) is 0 Å². The standard InChI is InChI=1S/C16H22ClFO/c1-16(2)9-4-3-6-12(16)15(19)10-11-13(17)7-5-8-14(11)18/h5,7-8,12,15,19H,3-4,6,9-10H2,1-2H3. The Morgan fingerprint density at radius 1 is 1.42 bits per heavy atom. The smallest absolute Gasteiger partial charge is 0.127 e. The Morgan fingerprint density at radius 3 is 2.79 bits per heavy atom. The molecular weight excluding hydrogens is 263 g/mol. The third-order valence-electron chi connectivity index (χ3n) is 4.53. The van der Waals surface area contributed by atoms with Gasteiger partial charge in [0.2, 0.25) is 0 Å². The molecule has 0 aliphatic heterocycles. The predicted molar refractivity (Wildman–Crippen MR) is 76.9 cm³/mol. The minimum absolute atomic E-state index is 0.120. The van der Waals surface area contributed by atoms with Crippen LogP contribution in [-0.4, -0.2) is 11.2 Å². The molecule has 0 heterocycles. The van der Waals surface area contributed by atoms with Gasteiger partial charge in [-0.3, -0.25) is 0 Å². The quantitative estimate of drug-likeness (QED) is 0.860. The molecule has 106 valence electrons. The van der Waals surface area contributed by atoms with E-state index in [0.717, 1.165) is 19.3 Å². The van der Waals surface area contributed by atoms with Crippen molar-refractivity contribution in [3.8, 4) is 0 Å². The highest BCUT2D eigenvalue weighted by molar-refractivity contribution is 6.31. The monoisotopic (exact) mass is 284 g/mol. The van der Waals surface area contributed by atoms with Crippen molar-refractivity contribution in [3.05, 3.63) is 34.6 Å². The third-order valence-corrected chi connectivity index (χ3v) is 4.88. The minimum Gasteiger partial charge on any atom is -0.392 e. The second-order valence-electron chi connectivity index (χ2n) is 6.31. The zero-order chi connectivity index (χ0) is 14.0. The van der Waals surface area contributed by atoms with Gasteiger partial charge >= 0.3 is 0 Å². The van der Waals surface area contributed by atoms with Gasteiger partial charge in [-0.1, -0.05) is 44.4 Å². The summed E-state index contributed by atoms with van der Waals surface area (Å²) in [5.74, 6) is -0.0999. The van der Waals surface area contributed by atoms with Crippen LogP contribution >= 0.6 is 11.6 Å². The maximum absolute atomic E-state index is 13.8. The fraction of sp³-hybridized carbons (Fsp3) is 0.625. The summed E-state index contributed by atoms with van der Waals surface area (Å²) < 4.78 is 13.8. The summed E-state index contributed by atoms with van der Waals surface area (Å²) >= 11 is 6.03. The van der Waals surface area contributed by atoms with Crippen LogP contribution in [0.15, 0.2) is 18.2 Å². The zero-order valence-electron chi connectivity index (χ0n) is 11.6. The van der Waals surface area contributed by atoms with Crippen molar-refractivity contribution in [2.24, 2.45) is 11.3 Å². The van der Waals surface area contributed by atoms with Crippen molar-refractivity contribution in [1.29, 1.82) is 0 Å². The topological polar surface area (TPSA) is 20.2 Å². The largest absolute Gasteiger partial charge is 0.392 e. The summed E-state index contributed by atoms with van der Waals surface area (Å²) in [6.07, 6.45) is 4.29. The van der Waals surface area contributed by atoms with E-state index in [0.29, 0.717) is 17.0 Å². The highest BCUT2D eigenvalue weighted by atomic mass is 35.5. The highest BCUT2D eigenvalue weighted by Crippen LogP contribution is 2.43. The molecule has 0 spiro atoms. The molecule has 2 rings (SSSR count). The van der Waals surface area contributed by atoms with Crippen molar-refractivity contribution < 1.29 is 9.50 Å². The van der Waals surface area contributed by atoms with Gasteiger partial charge in [-0.05, 0) is 36.3 Å². The Bertz CT molecular complexity index is 424. The number of aliphatic hydroxyl groups excluding tert-OH is 1. The average molecular weight is 285 g/mol. The van der Waals surface area contributed by atoms with Gasteiger partial charge in [-0.25, -0.2) is 4.39 Å². The van der Waals surface area contributed by atoms with E-state index < -0.39 is 6.10 Å². The molecule has 0 radical (unpaired) electrons. The Balaban J connectivity index is 2.14. The van der Waals surface area contributed by atoms with Crippen LogP contribution in [0.1, 0.15) is 45.1 Å². The molecule has 1 aromatic rings. The maximum Gasteiger partial charge on any atom is 0.127 e. The zero-order valence-corrected chi connectivity index (χ0v) is 12.4. The lowest BCUT2D eigenvalue weighted by atomic mass is 9.66. The Morgan fingerprint density at radius 2 is 2.16 bits per heavy atom. The summed E-state index contributed by atoms with van der Waals surface area (Å²) in [6, 6.07) is 4.68. The van der Waals surface area contributed by atoms with Crippen LogP contribution < -0.4 is 0 Å². The lowest BCUT2D eigenvalue weighted by molar-refractivity contribution is 0.00540. The summed E-state index contributed by atoms with van der Waals surface area (Å²) in [6.45, 7) is 4.39. The molecule has 1 fully saturated rings. The molecule has 2 unspecified atom stereocenters. The molecular formula is C16H22ClFO. The average Bonchev–Trinajstić information content (AvgIpc) is 2.33. The first kappa shape index (κ1) is 14.8. The van der Waals surface area contributed by atoms with Crippen molar-refractivity contribution >= 4 is 11.6 Å². The number of hydrogen-bond acceptors (Lipinski definition) is 1. The Kier molecular flexibility index (Phi) is 4.52. The van der Waals surface area contributed by atoms with Gasteiger partial charge in [-0.2, -0.15) is 0 Å². The molecule has 0 aromatic heterocycles. The second kappa shape index (κ2) is 5.80. The van der Waals surface area contributed by atoms with Crippen molar-refractivity contribution in [3.63, 3.8) is 0 Å². The summed E-state index contributed by atoms with van der Waals surface area (Å²) in [4.78, 5) is 0. The third kappa shape index (κ3) is 3.29. The lowest BCUT2D eigenvalue weighted by Crippen LogP contribution is -2.38. The van der Waals surface area contributed by atoms with Crippen LogP contribution in [0.4, 0.5) is 4.39 Å². The molecule has 0 amide bonds. The maximum atomic E-state index is 13.8. The van der Waals surface area contributed by atoms with E-state index in [4.69, 9.17) is 11.6 Å². The Labute approximate surface area is 119 Å². The first-order valence-corrected chi connectivity index (χ1v) is 7.40. The van der Waals surface area contributed by atoms with E-state index in [2.05, 4.69) is 13.8 Å². The molecule has 0 bridgehead atoms. The van der Waals surface area contributed by atoms with Crippen LogP contribution in [0.3, 0.4) is 0 Å². The van der Waals surface area contributed by atoms with Crippen LogP contribution in [0.2, 0.25) is 5.02 Å². The molecule has 1 nitrogen and oxygen atoms in total. The van der Waals surface area contributed by atoms with Gasteiger partial charge in [0.1, 0.15) is 5.82 Å². The summed E-state index contributed by atoms with van der Waals surface area (Å²) in [5, 5.41) is 10.9. The molecule has 1 saturated carbocycles. The first-order chi connectivity index (χ1) is 8.92. The van der Waals surface area contributed by atoms with Gasteiger partial charge in [-0.15, -0.1) is 0 Å². The molecule has 2 atom stereocenters. The first-order valence-electron chi connectivity index (χ1n) is 7.03. The van der Waals surface area contributed by atoms with E-state index in [1.807, 2.05) is 0 Å². The number of hydrogen-bond donors (Lipinski definition) is 1. The highest BCUT2D eigenvalue weighted by Gasteiger charge is 2.37. The lowest BCUT2D eigenvalue weighted by Gasteiger charge is -2.41. The fourth-order valence-corrected chi connectivity index (χ4v) is 3.55.